The third-order valence-electron chi connectivity index (χ3n) is 3.72. The molecule has 2 heterocycles. The van der Waals surface area contributed by atoms with Crippen LogP contribution < -0.4 is 11.3 Å². The first-order valence-electron chi connectivity index (χ1n) is 7.12. The summed E-state index contributed by atoms with van der Waals surface area (Å²) < 4.78 is 5.37. The van der Waals surface area contributed by atoms with E-state index in [0.717, 1.165) is 35.2 Å². The van der Waals surface area contributed by atoms with Gasteiger partial charge < -0.3 is 4.42 Å². The molecular weight excluding hydrogens is 262 g/mol. The highest BCUT2D eigenvalue weighted by molar-refractivity contribution is 5.79. The van der Waals surface area contributed by atoms with Gasteiger partial charge in [-0.2, -0.15) is 0 Å². The number of fused-ring (bicyclic) bond motifs is 1. The summed E-state index contributed by atoms with van der Waals surface area (Å²) in [5, 5.41) is 1.14. The minimum Gasteiger partial charge on any atom is -0.469 e. The molecule has 2 aromatic heterocycles. The summed E-state index contributed by atoms with van der Waals surface area (Å²) in [6, 6.07) is 14.4. The van der Waals surface area contributed by atoms with Gasteiger partial charge in [0.2, 0.25) is 0 Å². The Balaban J connectivity index is 1.81. The van der Waals surface area contributed by atoms with Crippen molar-refractivity contribution in [2.45, 2.75) is 25.8 Å². The van der Waals surface area contributed by atoms with Crippen molar-refractivity contribution in [1.29, 1.82) is 0 Å². The van der Waals surface area contributed by atoms with Crippen LogP contribution >= 0.6 is 0 Å². The van der Waals surface area contributed by atoms with E-state index in [9.17, 15) is 0 Å². The van der Waals surface area contributed by atoms with Gasteiger partial charge in [-0.25, -0.2) is 0 Å². The molecule has 4 nitrogen and oxygen atoms in total. The zero-order valence-electron chi connectivity index (χ0n) is 12.0. The van der Waals surface area contributed by atoms with Gasteiger partial charge >= 0.3 is 0 Å². The lowest BCUT2D eigenvalue weighted by atomic mass is 10.00. The molecule has 0 aliphatic carbocycles. The second-order valence-electron chi connectivity index (χ2n) is 5.24. The molecule has 0 saturated heterocycles. The number of aromatic nitrogens is 1. The van der Waals surface area contributed by atoms with Crippen molar-refractivity contribution in [2.75, 3.05) is 0 Å². The molecule has 1 aromatic carbocycles. The second kappa shape index (κ2) is 6.08. The molecule has 21 heavy (non-hydrogen) atoms. The van der Waals surface area contributed by atoms with Crippen LogP contribution in [0.3, 0.4) is 0 Å². The van der Waals surface area contributed by atoms with Crippen LogP contribution in [0.15, 0.2) is 53.1 Å². The lowest BCUT2D eigenvalue weighted by Crippen LogP contribution is -2.28. The summed E-state index contributed by atoms with van der Waals surface area (Å²) >= 11 is 0. The Bertz CT molecular complexity index is 722. The molecule has 0 saturated carbocycles. The molecule has 0 fully saturated rings. The zero-order chi connectivity index (χ0) is 14.7. The minimum absolute atomic E-state index is 0.0980. The molecule has 0 amide bonds. The molecule has 1 unspecified atom stereocenters. The van der Waals surface area contributed by atoms with Crippen molar-refractivity contribution in [3.8, 4) is 0 Å². The first kappa shape index (κ1) is 13.8. The molecule has 0 aliphatic heterocycles. The largest absolute Gasteiger partial charge is 0.469 e. The summed E-state index contributed by atoms with van der Waals surface area (Å²) in [6.45, 7) is 2.00. The van der Waals surface area contributed by atoms with Gasteiger partial charge in [0.05, 0.1) is 11.8 Å². The van der Waals surface area contributed by atoms with Crippen molar-refractivity contribution < 1.29 is 4.42 Å². The number of nitrogens with zero attached hydrogens (tertiary/aromatic N) is 1. The Hall–Kier alpha value is -2.17. The quantitative estimate of drug-likeness (QED) is 0.556. The fraction of sp³-hybridized carbons (Fsp3) is 0.235. The number of aryl methyl sites for hydroxylation is 2. The summed E-state index contributed by atoms with van der Waals surface area (Å²) in [6.07, 6.45) is 3.44. The zero-order valence-corrected chi connectivity index (χ0v) is 12.0. The topological polar surface area (TPSA) is 64.1 Å². The Labute approximate surface area is 124 Å². The first-order valence-corrected chi connectivity index (χ1v) is 7.12. The van der Waals surface area contributed by atoms with E-state index in [1.807, 2.05) is 25.1 Å². The van der Waals surface area contributed by atoms with Crippen molar-refractivity contribution >= 4 is 10.9 Å². The fourth-order valence-corrected chi connectivity index (χ4v) is 2.55. The molecule has 4 heteroatoms. The van der Waals surface area contributed by atoms with Crippen molar-refractivity contribution in [1.82, 2.24) is 10.4 Å². The van der Waals surface area contributed by atoms with Crippen LogP contribution in [0.2, 0.25) is 0 Å². The smallest absolute Gasteiger partial charge is 0.103 e. The average Bonchev–Trinajstić information content (AvgIpc) is 3.01. The van der Waals surface area contributed by atoms with E-state index in [0.29, 0.717) is 0 Å². The van der Waals surface area contributed by atoms with Gasteiger partial charge in [-0.05, 0) is 49.2 Å². The highest BCUT2D eigenvalue weighted by Crippen LogP contribution is 2.23. The SMILES string of the molecule is Cc1ccc2cc(C(CCc3ccco3)NN)ccc2n1. The normalized spacial score (nSPS) is 12.7. The van der Waals surface area contributed by atoms with E-state index in [1.54, 1.807) is 6.26 Å². The number of furan rings is 1. The summed E-state index contributed by atoms with van der Waals surface area (Å²) in [4.78, 5) is 4.52. The Morgan fingerprint density at radius 1 is 1.24 bits per heavy atom. The van der Waals surface area contributed by atoms with Crippen LogP contribution in [0.1, 0.15) is 29.5 Å². The Morgan fingerprint density at radius 2 is 2.14 bits per heavy atom. The molecule has 0 radical (unpaired) electrons. The maximum atomic E-state index is 5.72. The number of nitrogens with two attached hydrogens (primary N) is 1. The lowest BCUT2D eigenvalue weighted by molar-refractivity contribution is 0.459. The molecule has 0 aliphatic rings. The van der Waals surface area contributed by atoms with Gasteiger partial charge in [-0.1, -0.05) is 12.1 Å². The third kappa shape index (κ3) is 3.12. The molecule has 3 N–H and O–H groups in total. The van der Waals surface area contributed by atoms with E-state index < -0.39 is 0 Å². The maximum absolute atomic E-state index is 5.72. The number of benzene rings is 1. The van der Waals surface area contributed by atoms with E-state index >= 15 is 0 Å². The number of nitrogens with one attached hydrogen (secondary N) is 1. The highest BCUT2D eigenvalue weighted by atomic mass is 16.3. The maximum Gasteiger partial charge on any atom is 0.103 e. The van der Waals surface area contributed by atoms with E-state index in [1.165, 1.54) is 5.56 Å². The van der Waals surface area contributed by atoms with Crippen LogP contribution in [0.5, 0.6) is 0 Å². The molecule has 3 rings (SSSR count). The molecule has 3 aromatic rings. The number of pyridine rings is 1. The lowest BCUT2D eigenvalue weighted by Gasteiger charge is -2.16. The first-order chi connectivity index (χ1) is 10.3. The Kier molecular flexibility index (Phi) is 3.99. The molecule has 1 atom stereocenters. The highest BCUT2D eigenvalue weighted by Gasteiger charge is 2.11. The van der Waals surface area contributed by atoms with Crippen LogP contribution in [0.4, 0.5) is 0 Å². The second-order valence-corrected chi connectivity index (χ2v) is 5.24. The van der Waals surface area contributed by atoms with Crippen LogP contribution in [0.25, 0.3) is 10.9 Å². The molecular formula is C17H19N3O. The Morgan fingerprint density at radius 3 is 2.90 bits per heavy atom. The average molecular weight is 281 g/mol. The van der Waals surface area contributed by atoms with Gasteiger partial charge in [0.25, 0.3) is 0 Å². The standard InChI is InChI=1S/C17H19N3O/c1-12-4-5-13-11-14(6-8-16(13)19-12)17(20-18)9-7-15-3-2-10-21-15/h2-6,8,10-11,17,20H,7,9,18H2,1H3. The van der Waals surface area contributed by atoms with E-state index in [2.05, 4.69) is 34.7 Å². The molecule has 0 bridgehead atoms. The number of hydrazine groups is 1. The van der Waals surface area contributed by atoms with Gasteiger partial charge in [0, 0.05) is 23.5 Å². The van der Waals surface area contributed by atoms with Gasteiger partial charge in [0.1, 0.15) is 5.76 Å². The molecule has 108 valence electrons. The molecule has 0 spiro atoms. The third-order valence-corrected chi connectivity index (χ3v) is 3.72. The number of hydrogen-bond donors (Lipinski definition) is 2. The minimum atomic E-state index is 0.0980. The van der Waals surface area contributed by atoms with Gasteiger partial charge in [-0.3, -0.25) is 16.3 Å². The van der Waals surface area contributed by atoms with E-state index in [4.69, 9.17) is 10.3 Å². The van der Waals surface area contributed by atoms with Crippen molar-refractivity contribution in [2.24, 2.45) is 5.84 Å². The van der Waals surface area contributed by atoms with Gasteiger partial charge in [0.15, 0.2) is 0 Å². The summed E-state index contributed by atoms with van der Waals surface area (Å²) in [7, 11) is 0. The number of rotatable bonds is 5. The predicted molar refractivity (Wildman–Crippen MR) is 83.6 cm³/mol. The summed E-state index contributed by atoms with van der Waals surface area (Å²) in [5.74, 6) is 6.70. The van der Waals surface area contributed by atoms with Crippen molar-refractivity contribution in [3.05, 3.63) is 65.7 Å². The number of hydrogen-bond acceptors (Lipinski definition) is 4. The fourth-order valence-electron chi connectivity index (χ4n) is 2.55. The van der Waals surface area contributed by atoms with E-state index in [-0.39, 0.29) is 6.04 Å². The predicted octanol–water partition coefficient (Wildman–Crippen LogP) is 3.27. The summed E-state index contributed by atoms with van der Waals surface area (Å²) in [5.41, 5.74) is 6.11. The van der Waals surface area contributed by atoms with Crippen molar-refractivity contribution in [3.63, 3.8) is 0 Å². The van der Waals surface area contributed by atoms with Crippen LogP contribution in [-0.2, 0) is 6.42 Å². The van der Waals surface area contributed by atoms with Crippen LogP contribution in [-0.4, -0.2) is 4.98 Å². The van der Waals surface area contributed by atoms with Gasteiger partial charge in [-0.15, -0.1) is 0 Å². The monoisotopic (exact) mass is 281 g/mol. The van der Waals surface area contributed by atoms with Crippen LogP contribution in [0, 0.1) is 6.92 Å².